The second kappa shape index (κ2) is 8.04. The van der Waals surface area contributed by atoms with E-state index in [9.17, 15) is 4.79 Å². The van der Waals surface area contributed by atoms with Crippen LogP contribution in [0.2, 0.25) is 0 Å². The molecule has 21 heavy (non-hydrogen) atoms. The Morgan fingerprint density at radius 3 is 2.67 bits per heavy atom. The summed E-state index contributed by atoms with van der Waals surface area (Å²) in [6, 6.07) is 11.7. The van der Waals surface area contributed by atoms with E-state index in [0.717, 1.165) is 17.7 Å². The van der Waals surface area contributed by atoms with Gasteiger partial charge in [0, 0.05) is 18.9 Å². The number of rotatable bonds is 7. The van der Waals surface area contributed by atoms with Gasteiger partial charge in [0.05, 0.1) is 13.0 Å². The van der Waals surface area contributed by atoms with Crippen LogP contribution in [0.25, 0.3) is 0 Å². The monoisotopic (exact) mass is 284 g/mol. The summed E-state index contributed by atoms with van der Waals surface area (Å²) < 4.78 is 5.56. The minimum absolute atomic E-state index is 0.0240. The molecule has 1 amide bonds. The van der Waals surface area contributed by atoms with Crippen LogP contribution in [0.3, 0.4) is 0 Å². The third kappa shape index (κ3) is 5.26. The summed E-state index contributed by atoms with van der Waals surface area (Å²) in [5, 5.41) is 2.84. The second-order valence-corrected chi connectivity index (χ2v) is 4.73. The van der Waals surface area contributed by atoms with E-state index in [1.165, 1.54) is 5.56 Å². The van der Waals surface area contributed by atoms with E-state index in [2.05, 4.69) is 17.2 Å². The molecule has 0 unspecified atom stereocenters. The number of amides is 1. The van der Waals surface area contributed by atoms with Crippen molar-refractivity contribution >= 4 is 5.91 Å². The van der Waals surface area contributed by atoms with Crippen LogP contribution in [-0.2, 0) is 17.8 Å². The van der Waals surface area contributed by atoms with E-state index in [1.54, 1.807) is 12.4 Å². The molecule has 0 radical (unpaired) electrons. The number of hydrogen-bond acceptors (Lipinski definition) is 3. The van der Waals surface area contributed by atoms with Gasteiger partial charge in [-0.2, -0.15) is 0 Å². The molecule has 2 rings (SSSR count). The number of carbonyl (C=O) groups is 1. The second-order valence-electron chi connectivity index (χ2n) is 4.73. The molecule has 0 atom stereocenters. The van der Waals surface area contributed by atoms with Crippen LogP contribution in [0.1, 0.15) is 24.5 Å². The highest BCUT2D eigenvalue weighted by Gasteiger charge is 2.02. The molecule has 4 heteroatoms. The van der Waals surface area contributed by atoms with Crippen LogP contribution in [0.15, 0.2) is 48.8 Å². The topological polar surface area (TPSA) is 51.2 Å². The number of ether oxygens (including phenoxy) is 1. The van der Waals surface area contributed by atoms with Crippen molar-refractivity contribution < 1.29 is 9.53 Å². The molecule has 0 aliphatic heterocycles. The fourth-order valence-corrected chi connectivity index (χ4v) is 1.87. The molecule has 0 saturated heterocycles. The lowest BCUT2D eigenvalue weighted by Crippen LogP contribution is -2.24. The van der Waals surface area contributed by atoms with Gasteiger partial charge in [-0.05, 0) is 35.7 Å². The van der Waals surface area contributed by atoms with Gasteiger partial charge in [-0.25, -0.2) is 0 Å². The minimum atomic E-state index is -0.0240. The normalized spacial score (nSPS) is 10.1. The lowest BCUT2D eigenvalue weighted by atomic mass is 10.2. The largest absolute Gasteiger partial charge is 0.493 e. The molecule has 0 saturated carbocycles. The number of aromatic nitrogens is 1. The fourth-order valence-electron chi connectivity index (χ4n) is 1.87. The van der Waals surface area contributed by atoms with Gasteiger partial charge in [-0.15, -0.1) is 0 Å². The van der Waals surface area contributed by atoms with Crippen LogP contribution in [-0.4, -0.2) is 17.5 Å². The number of benzene rings is 1. The molecule has 1 heterocycles. The number of hydrogen-bond donors (Lipinski definition) is 1. The molecular formula is C17H20N2O2. The fraction of sp³-hybridized carbons (Fsp3) is 0.294. The number of nitrogens with zero attached hydrogens (tertiary/aromatic N) is 1. The lowest BCUT2D eigenvalue weighted by Gasteiger charge is -2.08. The first kappa shape index (κ1) is 15.0. The van der Waals surface area contributed by atoms with Gasteiger partial charge in [0.2, 0.25) is 5.91 Å². The van der Waals surface area contributed by atoms with Crippen molar-refractivity contribution in [2.45, 2.75) is 26.3 Å². The number of carbonyl (C=O) groups excluding carboxylic acids is 1. The average Bonchev–Trinajstić information content (AvgIpc) is 2.54. The molecule has 0 bridgehead atoms. The molecule has 0 fully saturated rings. The van der Waals surface area contributed by atoms with Gasteiger partial charge in [-0.3, -0.25) is 9.78 Å². The first-order valence-electron chi connectivity index (χ1n) is 7.15. The van der Waals surface area contributed by atoms with Crippen LogP contribution >= 0.6 is 0 Å². The van der Waals surface area contributed by atoms with Crippen molar-refractivity contribution in [2.24, 2.45) is 0 Å². The van der Waals surface area contributed by atoms with Crippen molar-refractivity contribution in [2.75, 3.05) is 6.61 Å². The first-order valence-corrected chi connectivity index (χ1v) is 7.15. The third-order valence-corrected chi connectivity index (χ3v) is 3.14. The molecule has 4 nitrogen and oxygen atoms in total. The molecule has 0 spiro atoms. The van der Waals surface area contributed by atoms with Crippen LogP contribution < -0.4 is 10.1 Å². The maximum absolute atomic E-state index is 11.7. The summed E-state index contributed by atoms with van der Waals surface area (Å²) in [4.78, 5) is 15.7. The summed E-state index contributed by atoms with van der Waals surface area (Å²) in [5.74, 6) is 0.774. The van der Waals surface area contributed by atoms with Crippen molar-refractivity contribution in [3.05, 3.63) is 59.9 Å². The lowest BCUT2D eigenvalue weighted by molar-refractivity contribution is -0.121. The quantitative estimate of drug-likeness (QED) is 0.850. The molecule has 1 aromatic heterocycles. The van der Waals surface area contributed by atoms with E-state index < -0.39 is 0 Å². The standard InChI is InChI=1S/C17H20N2O2/c1-2-14-5-7-16(8-6-14)21-11-9-17(20)19-13-15-4-3-10-18-12-15/h3-8,10,12H,2,9,11,13H2,1H3,(H,19,20). The Morgan fingerprint density at radius 1 is 1.19 bits per heavy atom. The number of pyridine rings is 1. The van der Waals surface area contributed by atoms with Crippen LogP contribution in [0.4, 0.5) is 0 Å². The summed E-state index contributed by atoms with van der Waals surface area (Å²) in [6.45, 7) is 2.99. The first-order chi connectivity index (χ1) is 10.3. The zero-order valence-electron chi connectivity index (χ0n) is 12.2. The molecule has 110 valence electrons. The van der Waals surface area contributed by atoms with Crippen LogP contribution in [0.5, 0.6) is 5.75 Å². The van der Waals surface area contributed by atoms with E-state index in [1.807, 2.05) is 36.4 Å². The highest BCUT2D eigenvalue weighted by Crippen LogP contribution is 2.12. The number of nitrogens with one attached hydrogen (secondary N) is 1. The maximum Gasteiger partial charge on any atom is 0.223 e. The highest BCUT2D eigenvalue weighted by atomic mass is 16.5. The maximum atomic E-state index is 11.7. The molecule has 1 N–H and O–H groups in total. The van der Waals surface area contributed by atoms with Crippen LogP contribution in [0, 0.1) is 0 Å². The summed E-state index contributed by atoms with van der Waals surface area (Å²) in [7, 11) is 0. The Kier molecular flexibility index (Phi) is 5.76. The SMILES string of the molecule is CCc1ccc(OCCC(=O)NCc2cccnc2)cc1. The van der Waals surface area contributed by atoms with E-state index in [4.69, 9.17) is 4.74 Å². The van der Waals surface area contributed by atoms with Crippen molar-refractivity contribution in [3.8, 4) is 5.75 Å². The van der Waals surface area contributed by atoms with E-state index >= 15 is 0 Å². The van der Waals surface area contributed by atoms with Gasteiger partial charge in [-0.1, -0.05) is 25.1 Å². The Hall–Kier alpha value is -2.36. The van der Waals surface area contributed by atoms with Crippen molar-refractivity contribution in [3.63, 3.8) is 0 Å². The molecule has 0 aliphatic carbocycles. The Balaban J connectivity index is 1.66. The van der Waals surface area contributed by atoms with Crippen molar-refractivity contribution in [1.82, 2.24) is 10.3 Å². The number of aryl methyl sites for hydroxylation is 1. The molecular weight excluding hydrogens is 264 g/mol. The van der Waals surface area contributed by atoms with E-state index in [-0.39, 0.29) is 5.91 Å². The molecule has 1 aromatic carbocycles. The van der Waals surface area contributed by atoms with Gasteiger partial charge >= 0.3 is 0 Å². The predicted molar refractivity (Wildman–Crippen MR) is 82.0 cm³/mol. The Morgan fingerprint density at radius 2 is 2.00 bits per heavy atom. The minimum Gasteiger partial charge on any atom is -0.493 e. The predicted octanol–water partition coefficient (Wildman–Crippen LogP) is 2.73. The molecule has 2 aromatic rings. The smallest absolute Gasteiger partial charge is 0.223 e. The third-order valence-electron chi connectivity index (χ3n) is 3.14. The summed E-state index contributed by atoms with van der Waals surface area (Å²) in [6.07, 6.45) is 4.81. The van der Waals surface area contributed by atoms with Gasteiger partial charge in [0.15, 0.2) is 0 Å². The summed E-state index contributed by atoms with van der Waals surface area (Å²) in [5.41, 5.74) is 2.26. The van der Waals surface area contributed by atoms with Gasteiger partial charge in [0.25, 0.3) is 0 Å². The van der Waals surface area contributed by atoms with Gasteiger partial charge < -0.3 is 10.1 Å². The highest BCUT2D eigenvalue weighted by molar-refractivity contribution is 5.75. The van der Waals surface area contributed by atoms with Gasteiger partial charge in [0.1, 0.15) is 5.75 Å². The Labute approximate surface area is 125 Å². The summed E-state index contributed by atoms with van der Waals surface area (Å²) >= 11 is 0. The Bertz CT molecular complexity index is 553. The van der Waals surface area contributed by atoms with E-state index in [0.29, 0.717) is 19.6 Å². The van der Waals surface area contributed by atoms with Crippen molar-refractivity contribution in [1.29, 1.82) is 0 Å². The zero-order valence-corrected chi connectivity index (χ0v) is 12.2. The molecule has 0 aliphatic rings. The zero-order chi connectivity index (χ0) is 14.9. The average molecular weight is 284 g/mol.